The number of carbonyl (C=O) groups excluding carboxylic acids is 1. The Morgan fingerprint density at radius 2 is 1.78 bits per heavy atom. The lowest BCUT2D eigenvalue weighted by molar-refractivity contribution is -0.116. The predicted molar refractivity (Wildman–Crippen MR) is 102 cm³/mol. The second-order valence-electron chi connectivity index (χ2n) is 6.52. The van der Waals surface area contributed by atoms with Gasteiger partial charge in [-0.05, 0) is 51.0 Å². The van der Waals surface area contributed by atoms with Crippen LogP contribution < -0.4 is 16.2 Å². The van der Waals surface area contributed by atoms with Crippen molar-refractivity contribution in [2.45, 2.75) is 34.2 Å². The number of nitrogens with one attached hydrogen (secondary N) is 2. The molecule has 1 aromatic carbocycles. The summed E-state index contributed by atoms with van der Waals surface area (Å²) in [6.45, 7) is 7.23. The van der Waals surface area contributed by atoms with Gasteiger partial charge < -0.3 is 15.2 Å². The molecule has 8 heteroatoms. The molecule has 0 atom stereocenters. The third-order valence-electron chi connectivity index (χ3n) is 3.81. The fraction of sp³-hybridized carbons (Fsp3) is 0.263. The number of hydrogen-bond acceptors (Lipinski definition) is 6. The lowest BCUT2D eigenvalue weighted by Crippen LogP contribution is -2.30. The molecule has 0 spiro atoms. The summed E-state index contributed by atoms with van der Waals surface area (Å²) in [5, 5.41) is 9.47. The van der Waals surface area contributed by atoms with Crippen LogP contribution in [0.1, 0.15) is 22.6 Å². The molecule has 0 bridgehead atoms. The fourth-order valence-electron chi connectivity index (χ4n) is 2.80. The van der Waals surface area contributed by atoms with Crippen molar-refractivity contribution in [2.75, 3.05) is 10.6 Å². The van der Waals surface area contributed by atoms with Gasteiger partial charge in [0.05, 0.1) is 0 Å². The first-order valence-corrected chi connectivity index (χ1v) is 8.47. The van der Waals surface area contributed by atoms with Gasteiger partial charge in [-0.3, -0.25) is 14.2 Å². The van der Waals surface area contributed by atoms with Crippen molar-refractivity contribution in [1.29, 1.82) is 0 Å². The van der Waals surface area contributed by atoms with Crippen molar-refractivity contribution in [3.05, 3.63) is 63.3 Å². The van der Waals surface area contributed by atoms with Crippen molar-refractivity contribution in [3.63, 3.8) is 0 Å². The summed E-state index contributed by atoms with van der Waals surface area (Å²) in [6, 6.07) is 8.94. The van der Waals surface area contributed by atoms with Gasteiger partial charge in [-0.2, -0.15) is 0 Å². The summed E-state index contributed by atoms with van der Waals surface area (Å²) in [6.07, 6.45) is 0. The zero-order valence-corrected chi connectivity index (χ0v) is 15.7. The average molecular weight is 367 g/mol. The molecule has 0 unspecified atom stereocenters. The van der Waals surface area contributed by atoms with Crippen LogP contribution in [0, 0.1) is 27.7 Å². The third-order valence-corrected chi connectivity index (χ3v) is 3.81. The monoisotopic (exact) mass is 367 g/mol. The molecule has 1 amide bonds. The number of nitrogens with zero attached hydrogens (tertiary/aromatic N) is 3. The molecule has 0 radical (unpaired) electrons. The van der Waals surface area contributed by atoms with Gasteiger partial charge in [0, 0.05) is 23.5 Å². The molecule has 8 nitrogen and oxygen atoms in total. The largest absolute Gasteiger partial charge is 0.360 e. The highest BCUT2D eigenvalue weighted by Crippen LogP contribution is 2.18. The molecule has 0 saturated heterocycles. The summed E-state index contributed by atoms with van der Waals surface area (Å²) in [5.41, 5.74) is 3.21. The third kappa shape index (κ3) is 4.60. The van der Waals surface area contributed by atoms with E-state index in [1.165, 1.54) is 10.6 Å². The first-order chi connectivity index (χ1) is 12.8. The Hall–Kier alpha value is -3.42. The number of aryl methyl sites for hydroxylation is 4. The van der Waals surface area contributed by atoms with Crippen LogP contribution in [0.2, 0.25) is 0 Å². The Morgan fingerprint density at radius 1 is 1.07 bits per heavy atom. The zero-order valence-electron chi connectivity index (χ0n) is 15.7. The van der Waals surface area contributed by atoms with Crippen LogP contribution in [0.3, 0.4) is 0 Å². The zero-order chi connectivity index (χ0) is 19.6. The van der Waals surface area contributed by atoms with E-state index in [2.05, 4.69) is 26.8 Å². The molecule has 2 N–H and O–H groups in total. The van der Waals surface area contributed by atoms with E-state index in [4.69, 9.17) is 4.52 Å². The molecule has 0 aliphatic carbocycles. The summed E-state index contributed by atoms with van der Waals surface area (Å²) in [5.74, 6) is 0.780. The van der Waals surface area contributed by atoms with Gasteiger partial charge in [-0.15, -0.1) is 0 Å². The first kappa shape index (κ1) is 18.4. The summed E-state index contributed by atoms with van der Waals surface area (Å²) >= 11 is 0. The van der Waals surface area contributed by atoms with E-state index in [-0.39, 0.29) is 12.1 Å². The van der Waals surface area contributed by atoms with E-state index in [0.717, 1.165) is 16.8 Å². The van der Waals surface area contributed by atoms with Gasteiger partial charge in [-0.1, -0.05) is 11.2 Å². The maximum absolute atomic E-state index is 12.4. The quantitative estimate of drug-likeness (QED) is 0.719. The van der Waals surface area contributed by atoms with E-state index in [0.29, 0.717) is 23.2 Å². The average Bonchev–Trinajstić information content (AvgIpc) is 2.94. The number of carbonyl (C=O) groups is 1. The fourth-order valence-corrected chi connectivity index (χ4v) is 2.80. The molecular formula is C19H21N5O3. The molecule has 2 heterocycles. The molecule has 27 heavy (non-hydrogen) atoms. The summed E-state index contributed by atoms with van der Waals surface area (Å²) in [7, 11) is 0. The van der Waals surface area contributed by atoms with E-state index in [9.17, 15) is 9.59 Å². The maximum atomic E-state index is 12.4. The van der Waals surface area contributed by atoms with Crippen LogP contribution in [-0.2, 0) is 11.3 Å². The van der Waals surface area contributed by atoms with Crippen molar-refractivity contribution in [3.8, 4) is 0 Å². The molecule has 140 valence electrons. The van der Waals surface area contributed by atoms with E-state index in [1.54, 1.807) is 19.9 Å². The minimum Gasteiger partial charge on any atom is -0.360 e. The van der Waals surface area contributed by atoms with Crippen LogP contribution in [-0.4, -0.2) is 20.6 Å². The normalized spacial score (nSPS) is 10.7. The van der Waals surface area contributed by atoms with Gasteiger partial charge in [-0.25, -0.2) is 4.98 Å². The smallest absolute Gasteiger partial charge is 0.255 e. The van der Waals surface area contributed by atoms with Crippen LogP contribution >= 0.6 is 0 Å². The molecular weight excluding hydrogens is 346 g/mol. The molecule has 3 aromatic rings. The van der Waals surface area contributed by atoms with Gasteiger partial charge in [0.1, 0.15) is 12.3 Å². The van der Waals surface area contributed by atoms with Crippen molar-refractivity contribution in [2.24, 2.45) is 0 Å². The van der Waals surface area contributed by atoms with Crippen molar-refractivity contribution >= 4 is 23.4 Å². The second-order valence-corrected chi connectivity index (χ2v) is 6.52. The highest BCUT2D eigenvalue weighted by Gasteiger charge is 2.13. The number of amides is 1. The first-order valence-electron chi connectivity index (χ1n) is 8.47. The molecule has 0 saturated carbocycles. The predicted octanol–water partition coefficient (Wildman–Crippen LogP) is 2.85. The summed E-state index contributed by atoms with van der Waals surface area (Å²) in [4.78, 5) is 29.2. The molecule has 3 rings (SSSR count). The van der Waals surface area contributed by atoms with E-state index in [1.807, 2.05) is 26.0 Å². The standard InChI is InChI=1S/C19H21N5O3/c1-11-5-12(2)7-15(6-11)21-19-20-13(3)8-18(26)24(19)10-17(25)22-16-9-14(4)27-23-16/h5-9H,10H2,1-4H3,(H,20,21)(H,22,23,25). The summed E-state index contributed by atoms with van der Waals surface area (Å²) < 4.78 is 6.21. The number of rotatable bonds is 5. The van der Waals surface area contributed by atoms with E-state index >= 15 is 0 Å². The maximum Gasteiger partial charge on any atom is 0.255 e. The molecule has 2 aromatic heterocycles. The lowest BCUT2D eigenvalue weighted by Gasteiger charge is -2.14. The SMILES string of the molecule is Cc1cc(C)cc(Nc2nc(C)cc(=O)n2CC(=O)Nc2cc(C)on2)c1. The van der Waals surface area contributed by atoms with Gasteiger partial charge in [0.15, 0.2) is 5.82 Å². The topological polar surface area (TPSA) is 102 Å². The van der Waals surface area contributed by atoms with Crippen molar-refractivity contribution in [1.82, 2.24) is 14.7 Å². The Bertz CT molecular complexity index is 1030. The van der Waals surface area contributed by atoms with Gasteiger partial charge in [0.2, 0.25) is 11.9 Å². The van der Waals surface area contributed by atoms with Gasteiger partial charge in [0.25, 0.3) is 5.56 Å². The second kappa shape index (κ2) is 7.45. The molecule has 0 aliphatic rings. The van der Waals surface area contributed by atoms with Crippen LogP contribution in [0.15, 0.2) is 39.6 Å². The van der Waals surface area contributed by atoms with Crippen LogP contribution in [0.25, 0.3) is 0 Å². The molecule has 0 fully saturated rings. The Kier molecular flexibility index (Phi) is 5.07. The van der Waals surface area contributed by atoms with Crippen LogP contribution in [0.5, 0.6) is 0 Å². The minimum absolute atomic E-state index is 0.203. The number of anilines is 3. The minimum atomic E-state index is -0.403. The van der Waals surface area contributed by atoms with Crippen molar-refractivity contribution < 1.29 is 9.32 Å². The number of hydrogen-bond donors (Lipinski definition) is 2. The highest BCUT2D eigenvalue weighted by atomic mass is 16.5. The lowest BCUT2D eigenvalue weighted by atomic mass is 10.1. The Balaban J connectivity index is 1.88. The van der Waals surface area contributed by atoms with Crippen LogP contribution in [0.4, 0.5) is 17.5 Å². The number of aromatic nitrogens is 3. The Morgan fingerprint density at radius 3 is 2.41 bits per heavy atom. The van der Waals surface area contributed by atoms with Gasteiger partial charge >= 0.3 is 0 Å². The van der Waals surface area contributed by atoms with E-state index < -0.39 is 5.91 Å². The highest BCUT2D eigenvalue weighted by molar-refractivity contribution is 5.89. The molecule has 0 aliphatic heterocycles. The Labute approximate surface area is 156 Å². The number of benzene rings is 1.